The first-order valence-electron chi connectivity index (χ1n) is 9.09. The van der Waals surface area contributed by atoms with Crippen molar-refractivity contribution in [2.24, 2.45) is 7.05 Å². The molecule has 6 nitrogen and oxygen atoms in total. The number of rotatable bonds is 3. The number of nitrogens with zero attached hydrogens (tertiary/aromatic N) is 1. The van der Waals surface area contributed by atoms with Crippen molar-refractivity contribution < 1.29 is 9.21 Å². The van der Waals surface area contributed by atoms with Crippen LogP contribution >= 0.6 is 0 Å². The quantitative estimate of drug-likeness (QED) is 0.554. The van der Waals surface area contributed by atoms with E-state index in [4.69, 9.17) is 4.42 Å². The number of amides is 2. The molecule has 0 spiro atoms. The Morgan fingerprint density at radius 2 is 1.86 bits per heavy atom. The molecule has 0 aliphatic rings. The molecule has 2 amide bonds. The number of aryl methyl sites for hydroxylation is 2. The van der Waals surface area contributed by atoms with Crippen LogP contribution in [0.4, 0.5) is 10.5 Å². The second-order valence-electron chi connectivity index (χ2n) is 6.91. The molecule has 142 valence electrons. The van der Waals surface area contributed by atoms with Crippen molar-refractivity contribution in [2.75, 3.05) is 5.32 Å². The van der Waals surface area contributed by atoms with Gasteiger partial charge in [0.2, 0.25) is 0 Å². The molecule has 6 heteroatoms. The second-order valence-corrected chi connectivity index (χ2v) is 6.91. The van der Waals surface area contributed by atoms with E-state index in [2.05, 4.69) is 10.6 Å². The van der Waals surface area contributed by atoms with Gasteiger partial charge in [-0.05, 0) is 43.5 Å². The Morgan fingerprint density at radius 1 is 1.11 bits per heavy atom. The number of carbonyl (C=O) groups excluding carboxylic acids is 1. The molecule has 0 bridgehead atoms. The zero-order valence-electron chi connectivity index (χ0n) is 15.9. The van der Waals surface area contributed by atoms with E-state index in [9.17, 15) is 9.59 Å². The first-order chi connectivity index (χ1) is 13.4. The molecule has 4 rings (SSSR count). The van der Waals surface area contributed by atoms with E-state index in [0.29, 0.717) is 5.69 Å². The van der Waals surface area contributed by atoms with Crippen molar-refractivity contribution in [3.63, 3.8) is 0 Å². The number of carbonyl (C=O) groups is 1. The number of urea groups is 1. The van der Waals surface area contributed by atoms with E-state index in [0.717, 1.165) is 33.2 Å². The van der Waals surface area contributed by atoms with Crippen LogP contribution in [0.5, 0.6) is 0 Å². The fraction of sp³-hybridized carbons (Fsp3) is 0.182. The molecule has 0 unspecified atom stereocenters. The average Bonchev–Trinajstić information content (AvgIpc) is 3.02. The summed E-state index contributed by atoms with van der Waals surface area (Å²) in [5.41, 5.74) is 3.10. The Balaban J connectivity index is 1.53. The van der Waals surface area contributed by atoms with E-state index in [1.165, 1.54) is 6.07 Å². The molecule has 2 heterocycles. The first-order valence-corrected chi connectivity index (χ1v) is 9.09. The highest BCUT2D eigenvalue weighted by atomic mass is 16.3. The molecular weight excluding hydrogens is 354 g/mol. The molecule has 2 aromatic carbocycles. The molecule has 0 fully saturated rings. The Bertz CT molecular complexity index is 1250. The largest absolute Gasteiger partial charge is 0.459 e. The summed E-state index contributed by atoms with van der Waals surface area (Å²) in [4.78, 5) is 24.3. The Morgan fingerprint density at radius 3 is 2.64 bits per heavy atom. The number of hydrogen-bond donors (Lipinski definition) is 2. The molecule has 1 atom stereocenters. The minimum Gasteiger partial charge on any atom is -0.459 e. The van der Waals surface area contributed by atoms with Crippen LogP contribution in [0.1, 0.15) is 24.3 Å². The number of pyridine rings is 1. The number of hydrogen-bond acceptors (Lipinski definition) is 3. The van der Waals surface area contributed by atoms with Crippen LogP contribution in [0.25, 0.3) is 21.9 Å². The fourth-order valence-electron chi connectivity index (χ4n) is 3.48. The van der Waals surface area contributed by atoms with Gasteiger partial charge >= 0.3 is 6.03 Å². The third-order valence-electron chi connectivity index (χ3n) is 5.01. The number of nitrogens with one attached hydrogen (secondary N) is 2. The van der Waals surface area contributed by atoms with Gasteiger partial charge in [0.05, 0.1) is 11.6 Å². The lowest BCUT2D eigenvalue weighted by molar-refractivity contribution is 0.248. The number of anilines is 1. The van der Waals surface area contributed by atoms with E-state index in [1.807, 2.05) is 50.2 Å². The van der Waals surface area contributed by atoms with Gasteiger partial charge in [0.25, 0.3) is 5.56 Å². The van der Waals surface area contributed by atoms with Gasteiger partial charge in [-0.3, -0.25) is 4.79 Å². The van der Waals surface area contributed by atoms with Gasteiger partial charge in [0.1, 0.15) is 11.3 Å². The fourth-order valence-corrected chi connectivity index (χ4v) is 3.48. The predicted molar refractivity (Wildman–Crippen MR) is 111 cm³/mol. The summed E-state index contributed by atoms with van der Waals surface area (Å²) in [7, 11) is 1.71. The minimum absolute atomic E-state index is 0.0944. The minimum atomic E-state index is -0.340. The van der Waals surface area contributed by atoms with E-state index in [1.54, 1.807) is 23.7 Å². The third-order valence-corrected chi connectivity index (χ3v) is 5.01. The van der Waals surface area contributed by atoms with Crippen LogP contribution in [0.3, 0.4) is 0 Å². The van der Waals surface area contributed by atoms with Gasteiger partial charge in [0.15, 0.2) is 0 Å². The van der Waals surface area contributed by atoms with E-state index in [-0.39, 0.29) is 17.6 Å². The summed E-state index contributed by atoms with van der Waals surface area (Å²) in [5.74, 6) is 0.734. The molecule has 0 aliphatic heterocycles. The van der Waals surface area contributed by atoms with Gasteiger partial charge in [-0.25, -0.2) is 4.79 Å². The van der Waals surface area contributed by atoms with Gasteiger partial charge in [-0.1, -0.05) is 24.3 Å². The van der Waals surface area contributed by atoms with E-state index >= 15 is 0 Å². The van der Waals surface area contributed by atoms with Crippen molar-refractivity contribution in [3.8, 4) is 0 Å². The van der Waals surface area contributed by atoms with Gasteiger partial charge in [-0.15, -0.1) is 0 Å². The summed E-state index contributed by atoms with van der Waals surface area (Å²) < 4.78 is 7.47. The van der Waals surface area contributed by atoms with Crippen molar-refractivity contribution in [3.05, 3.63) is 76.3 Å². The van der Waals surface area contributed by atoms with Crippen LogP contribution in [0, 0.1) is 6.92 Å². The summed E-state index contributed by atoms with van der Waals surface area (Å²) >= 11 is 0. The highest BCUT2D eigenvalue weighted by Crippen LogP contribution is 2.29. The maximum Gasteiger partial charge on any atom is 0.319 e. The van der Waals surface area contributed by atoms with Crippen molar-refractivity contribution >= 4 is 33.6 Å². The van der Waals surface area contributed by atoms with Crippen LogP contribution in [-0.2, 0) is 7.05 Å². The number of furan rings is 1. The van der Waals surface area contributed by atoms with Crippen LogP contribution in [0.2, 0.25) is 0 Å². The number of benzene rings is 2. The maximum absolute atomic E-state index is 12.5. The Labute approximate surface area is 161 Å². The lowest BCUT2D eigenvalue weighted by Gasteiger charge is -2.14. The zero-order valence-corrected chi connectivity index (χ0v) is 15.9. The molecule has 28 heavy (non-hydrogen) atoms. The number of fused-ring (bicyclic) bond motifs is 2. The van der Waals surface area contributed by atoms with Gasteiger partial charge < -0.3 is 19.6 Å². The average molecular weight is 375 g/mol. The molecule has 2 aromatic heterocycles. The number of para-hydroxylation sites is 1. The SMILES string of the molecule is Cc1c([C@@H](C)NC(=O)Nc2ccc3ccc(=O)n(C)c3c2)oc2ccccc12. The second kappa shape index (κ2) is 6.88. The molecule has 4 aromatic rings. The topological polar surface area (TPSA) is 76.3 Å². The van der Waals surface area contributed by atoms with Gasteiger partial charge in [-0.2, -0.15) is 0 Å². The lowest BCUT2D eigenvalue weighted by Crippen LogP contribution is -2.31. The molecule has 2 N–H and O–H groups in total. The smallest absolute Gasteiger partial charge is 0.319 e. The van der Waals surface area contributed by atoms with Gasteiger partial charge in [0, 0.05) is 29.8 Å². The predicted octanol–water partition coefficient (Wildman–Crippen LogP) is 4.48. The Kier molecular flexibility index (Phi) is 4.39. The molecule has 0 radical (unpaired) electrons. The van der Waals surface area contributed by atoms with Crippen molar-refractivity contribution in [2.45, 2.75) is 19.9 Å². The Hall–Kier alpha value is -3.54. The highest BCUT2D eigenvalue weighted by Gasteiger charge is 2.18. The van der Waals surface area contributed by atoms with Crippen LogP contribution < -0.4 is 16.2 Å². The summed E-state index contributed by atoms with van der Waals surface area (Å²) in [6.45, 7) is 3.87. The standard InChI is InChI=1S/C22H21N3O3/c1-13-17-6-4-5-7-19(17)28-21(13)14(2)23-22(27)24-16-10-8-15-9-11-20(26)25(3)18(15)12-16/h4-12,14H,1-3H3,(H2,23,24,27)/t14-/m1/s1. The third kappa shape index (κ3) is 3.13. The van der Waals surface area contributed by atoms with Crippen molar-refractivity contribution in [1.29, 1.82) is 0 Å². The number of aromatic nitrogens is 1. The van der Waals surface area contributed by atoms with Crippen molar-refractivity contribution in [1.82, 2.24) is 9.88 Å². The summed E-state index contributed by atoms with van der Waals surface area (Å²) in [6.07, 6.45) is 0. The molecule has 0 saturated heterocycles. The van der Waals surface area contributed by atoms with E-state index < -0.39 is 0 Å². The molecular formula is C22H21N3O3. The summed E-state index contributed by atoms with van der Waals surface area (Å²) in [5, 5.41) is 7.71. The zero-order chi connectivity index (χ0) is 19.8. The first kappa shape index (κ1) is 17.9. The molecule has 0 aliphatic carbocycles. The normalized spacial score (nSPS) is 12.2. The maximum atomic E-state index is 12.5. The van der Waals surface area contributed by atoms with Crippen LogP contribution in [0.15, 0.2) is 63.8 Å². The summed E-state index contributed by atoms with van der Waals surface area (Å²) in [6, 6.07) is 15.9. The van der Waals surface area contributed by atoms with Crippen LogP contribution in [-0.4, -0.2) is 10.6 Å². The monoisotopic (exact) mass is 375 g/mol. The molecule has 0 saturated carbocycles. The highest BCUT2D eigenvalue weighted by molar-refractivity contribution is 5.93. The lowest BCUT2D eigenvalue weighted by atomic mass is 10.1.